The zero-order valence-electron chi connectivity index (χ0n) is 9.81. The van der Waals surface area contributed by atoms with Gasteiger partial charge in [0.2, 0.25) is 0 Å². The van der Waals surface area contributed by atoms with Crippen molar-refractivity contribution in [2.75, 3.05) is 13.1 Å². The standard InChI is InChI=1S/C11H11Cl2N3O3/c12-9-4-7(16(18)19)3-8(10(9)13)11(17)15-2-1-6(14)5-15/h3-4,6H,1-2,5,14H2/t6-/m1/s1. The van der Waals surface area contributed by atoms with Crippen LogP contribution < -0.4 is 5.73 Å². The van der Waals surface area contributed by atoms with Gasteiger partial charge in [0.15, 0.2) is 0 Å². The van der Waals surface area contributed by atoms with Crippen LogP contribution in [0.4, 0.5) is 5.69 Å². The normalized spacial score (nSPS) is 18.7. The van der Waals surface area contributed by atoms with Crippen LogP contribution in [0, 0.1) is 10.1 Å². The highest BCUT2D eigenvalue weighted by atomic mass is 35.5. The minimum Gasteiger partial charge on any atom is -0.337 e. The van der Waals surface area contributed by atoms with Gasteiger partial charge in [0.25, 0.3) is 11.6 Å². The third kappa shape index (κ3) is 2.80. The van der Waals surface area contributed by atoms with E-state index >= 15 is 0 Å². The second-order valence-corrected chi connectivity index (χ2v) is 5.13. The molecule has 0 radical (unpaired) electrons. The summed E-state index contributed by atoms with van der Waals surface area (Å²) in [5, 5.41) is 10.8. The van der Waals surface area contributed by atoms with E-state index in [1.54, 1.807) is 0 Å². The summed E-state index contributed by atoms with van der Waals surface area (Å²) in [5.41, 5.74) is 5.50. The molecule has 6 nitrogen and oxygen atoms in total. The van der Waals surface area contributed by atoms with Crippen LogP contribution in [0.5, 0.6) is 0 Å². The van der Waals surface area contributed by atoms with Crippen LogP contribution in [0.3, 0.4) is 0 Å². The summed E-state index contributed by atoms with van der Waals surface area (Å²) in [6.07, 6.45) is 0.700. The molecule has 0 aliphatic carbocycles. The van der Waals surface area contributed by atoms with Crippen LogP contribution >= 0.6 is 23.2 Å². The number of rotatable bonds is 2. The van der Waals surface area contributed by atoms with Gasteiger partial charge in [-0.3, -0.25) is 14.9 Å². The molecular weight excluding hydrogens is 293 g/mol. The third-order valence-corrected chi connectivity index (χ3v) is 3.77. The smallest absolute Gasteiger partial charge is 0.271 e. The highest BCUT2D eigenvalue weighted by molar-refractivity contribution is 6.44. The number of nitrogens with zero attached hydrogens (tertiary/aromatic N) is 2. The minimum absolute atomic E-state index is 0.0114. The van der Waals surface area contributed by atoms with Gasteiger partial charge in [-0.2, -0.15) is 0 Å². The minimum atomic E-state index is -0.616. The Morgan fingerprint density at radius 3 is 2.68 bits per heavy atom. The van der Waals surface area contributed by atoms with E-state index in [1.165, 1.54) is 4.90 Å². The fourth-order valence-corrected chi connectivity index (χ4v) is 2.38. The lowest BCUT2D eigenvalue weighted by molar-refractivity contribution is -0.384. The van der Waals surface area contributed by atoms with Crippen molar-refractivity contribution < 1.29 is 9.72 Å². The molecule has 0 spiro atoms. The monoisotopic (exact) mass is 303 g/mol. The molecule has 102 valence electrons. The number of halogens is 2. The Balaban J connectivity index is 2.38. The van der Waals surface area contributed by atoms with Crippen LogP contribution in [0.2, 0.25) is 10.0 Å². The van der Waals surface area contributed by atoms with E-state index in [0.29, 0.717) is 19.5 Å². The number of non-ortho nitro benzene ring substituents is 1. The third-order valence-electron chi connectivity index (χ3n) is 2.97. The van der Waals surface area contributed by atoms with Crippen molar-refractivity contribution >= 4 is 34.8 Å². The summed E-state index contributed by atoms with van der Waals surface area (Å²) in [6, 6.07) is 2.19. The molecule has 1 saturated heterocycles. The number of nitrogens with two attached hydrogens (primary N) is 1. The molecule has 2 N–H and O–H groups in total. The van der Waals surface area contributed by atoms with Crippen molar-refractivity contribution in [2.45, 2.75) is 12.5 Å². The van der Waals surface area contributed by atoms with Crippen molar-refractivity contribution in [3.8, 4) is 0 Å². The maximum absolute atomic E-state index is 12.2. The van der Waals surface area contributed by atoms with Crippen LogP contribution in [0.15, 0.2) is 12.1 Å². The Hall–Kier alpha value is -1.37. The van der Waals surface area contributed by atoms with Crippen LogP contribution in [-0.4, -0.2) is 34.9 Å². The van der Waals surface area contributed by atoms with Gasteiger partial charge in [-0.15, -0.1) is 0 Å². The van der Waals surface area contributed by atoms with E-state index in [-0.39, 0.29) is 33.2 Å². The van der Waals surface area contributed by atoms with Gasteiger partial charge in [-0.25, -0.2) is 0 Å². The van der Waals surface area contributed by atoms with E-state index in [2.05, 4.69) is 0 Å². The van der Waals surface area contributed by atoms with E-state index < -0.39 is 4.92 Å². The Morgan fingerprint density at radius 1 is 1.47 bits per heavy atom. The SMILES string of the molecule is N[C@@H]1CCN(C(=O)c2cc([N+](=O)[O-])cc(Cl)c2Cl)C1. The molecule has 1 aromatic rings. The molecule has 0 saturated carbocycles. The van der Waals surface area contributed by atoms with Gasteiger partial charge in [0, 0.05) is 31.3 Å². The van der Waals surface area contributed by atoms with Crippen molar-refractivity contribution in [3.63, 3.8) is 0 Å². The second-order valence-electron chi connectivity index (χ2n) is 4.35. The van der Waals surface area contributed by atoms with Gasteiger partial charge in [-0.1, -0.05) is 23.2 Å². The summed E-state index contributed by atoms with van der Waals surface area (Å²) < 4.78 is 0. The number of nitro benzene ring substituents is 1. The van der Waals surface area contributed by atoms with E-state index in [4.69, 9.17) is 28.9 Å². The van der Waals surface area contributed by atoms with E-state index in [1.807, 2.05) is 0 Å². The molecule has 1 atom stereocenters. The zero-order valence-corrected chi connectivity index (χ0v) is 11.3. The molecule has 2 rings (SSSR count). The predicted octanol–water partition coefficient (Wildman–Crippen LogP) is 2.07. The molecule has 0 aromatic heterocycles. The Kier molecular flexibility index (Phi) is 3.93. The van der Waals surface area contributed by atoms with Crippen LogP contribution in [-0.2, 0) is 0 Å². The summed E-state index contributed by atoms with van der Waals surface area (Å²) in [5.74, 6) is -0.386. The van der Waals surface area contributed by atoms with E-state index in [0.717, 1.165) is 12.1 Å². The fourth-order valence-electron chi connectivity index (χ4n) is 1.98. The Morgan fingerprint density at radius 2 is 2.16 bits per heavy atom. The lowest BCUT2D eigenvalue weighted by Gasteiger charge is -2.16. The maximum atomic E-state index is 12.2. The van der Waals surface area contributed by atoms with Crippen LogP contribution in [0.25, 0.3) is 0 Å². The molecule has 19 heavy (non-hydrogen) atoms. The van der Waals surface area contributed by atoms with Gasteiger partial charge in [-0.05, 0) is 6.42 Å². The number of benzene rings is 1. The molecule has 1 heterocycles. The number of likely N-dealkylation sites (tertiary alicyclic amines) is 1. The average molecular weight is 304 g/mol. The Bertz CT molecular complexity index is 550. The van der Waals surface area contributed by atoms with Crippen molar-refractivity contribution in [1.82, 2.24) is 4.90 Å². The predicted molar refractivity (Wildman–Crippen MR) is 71.6 cm³/mol. The molecule has 0 unspecified atom stereocenters. The number of carbonyl (C=O) groups is 1. The first-order valence-electron chi connectivity index (χ1n) is 5.58. The zero-order chi connectivity index (χ0) is 14.2. The first kappa shape index (κ1) is 14.0. The quantitative estimate of drug-likeness (QED) is 0.669. The molecule has 1 aliphatic rings. The second kappa shape index (κ2) is 5.32. The van der Waals surface area contributed by atoms with Crippen molar-refractivity contribution in [2.24, 2.45) is 5.73 Å². The number of nitro groups is 1. The molecule has 1 aromatic carbocycles. The fraction of sp³-hybridized carbons (Fsp3) is 0.364. The van der Waals surface area contributed by atoms with Gasteiger partial charge < -0.3 is 10.6 Å². The topological polar surface area (TPSA) is 89.5 Å². The number of hydrogen-bond acceptors (Lipinski definition) is 4. The molecule has 1 amide bonds. The summed E-state index contributed by atoms with van der Waals surface area (Å²) in [7, 11) is 0. The van der Waals surface area contributed by atoms with Crippen molar-refractivity contribution in [3.05, 3.63) is 37.9 Å². The van der Waals surface area contributed by atoms with Crippen molar-refractivity contribution in [1.29, 1.82) is 0 Å². The molecule has 0 bridgehead atoms. The summed E-state index contributed by atoms with van der Waals surface area (Å²) >= 11 is 11.8. The highest BCUT2D eigenvalue weighted by Crippen LogP contribution is 2.32. The lowest BCUT2D eigenvalue weighted by Crippen LogP contribution is -2.32. The highest BCUT2D eigenvalue weighted by Gasteiger charge is 2.28. The largest absolute Gasteiger partial charge is 0.337 e. The first-order valence-corrected chi connectivity index (χ1v) is 6.34. The van der Waals surface area contributed by atoms with Gasteiger partial charge >= 0.3 is 0 Å². The average Bonchev–Trinajstić information content (AvgIpc) is 2.78. The summed E-state index contributed by atoms with van der Waals surface area (Å²) in [4.78, 5) is 23.9. The molecule has 8 heteroatoms. The Labute approximate surface area is 119 Å². The number of amides is 1. The maximum Gasteiger partial charge on any atom is 0.271 e. The van der Waals surface area contributed by atoms with E-state index in [9.17, 15) is 14.9 Å². The molecule has 1 fully saturated rings. The number of carbonyl (C=O) groups excluding carboxylic acids is 1. The molecular formula is C11H11Cl2N3O3. The van der Waals surface area contributed by atoms with Gasteiger partial charge in [0.1, 0.15) is 0 Å². The number of hydrogen-bond donors (Lipinski definition) is 1. The molecule has 1 aliphatic heterocycles. The first-order chi connectivity index (χ1) is 8.90. The van der Waals surface area contributed by atoms with Crippen LogP contribution in [0.1, 0.15) is 16.8 Å². The summed E-state index contributed by atoms with van der Waals surface area (Å²) in [6.45, 7) is 0.923. The van der Waals surface area contributed by atoms with Gasteiger partial charge in [0.05, 0.1) is 20.5 Å². The lowest BCUT2D eigenvalue weighted by atomic mass is 10.1.